The van der Waals surface area contributed by atoms with E-state index in [1.165, 1.54) is 0 Å². The van der Waals surface area contributed by atoms with E-state index in [2.05, 4.69) is 15.9 Å². The van der Waals surface area contributed by atoms with Crippen LogP contribution in [0.2, 0.25) is 0 Å². The summed E-state index contributed by atoms with van der Waals surface area (Å²) in [5, 5.41) is 18.0. The summed E-state index contributed by atoms with van der Waals surface area (Å²) in [7, 11) is 0. The first-order valence-electron chi connectivity index (χ1n) is 3.84. The molecule has 1 rings (SSSR count). The van der Waals surface area contributed by atoms with E-state index in [0.29, 0.717) is 22.4 Å². The standard InChI is InChI=1S/C9H11BrO3/c10-6-13-9-7(4-11)2-1-3-8(9)5-12/h1-3,11-12H,4-6H2. The van der Waals surface area contributed by atoms with Gasteiger partial charge in [-0.05, 0) is 15.9 Å². The van der Waals surface area contributed by atoms with Crippen molar-refractivity contribution in [2.45, 2.75) is 13.2 Å². The largest absolute Gasteiger partial charge is 0.482 e. The number of benzene rings is 1. The van der Waals surface area contributed by atoms with Crippen LogP contribution >= 0.6 is 15.9 Å². The Hall–Kier alpha value is -0.580. The van der Waals surface area contributed by atoms with Crippen LogP contribution in [0.4, 0.5) is 0 Å². The Bertz CT molecular complexity index is 253. The predicted molar refractivity (Wildman–Crippen MR) is 52.7 cm³/mol. The van der Waals surface area contributed by atoms with Gasteiger partial charge in [-0.3, -0.25) is 0 Å². The van der Waals surface area contributed by atoms with Gasteiger partial charge in [0, 0.05) is 11.1 Å². The van der Waals surface area contributed by atoms with E-state index in [9.17, 15) is 0 Å². The molecule has 0 aromatic heterocycles. The number of aliphatic hydroxyl groups excluding tert-OH is 2. The Morgan fingerprint density at radius 2 is 1.69 bits per heavy atom. The molecule has 13 heavy (non-hydrogen) atoms. The highest BCUT2D eigenvalue weighted by molar-refractivity contribution is 9.09. The van der Waals surface area contributed by atoms with Crippen LogP contribution in [0.1, 0.15) is 11.1 Å². The van der Waals surface area contributed by atoms with Gasteiger partial charge in [0.05, 0.1) is 13.2 Å². The molecule has 1 aromatic rings. The number of alkyl halides is 1. The minimum absolute atomic E-state index is 0.0871. The van der Waals surface area contributed by atoms with Gasteiger partial charge in [0.15, 0.2) is 0 Å². The number of ether oxygens (including phenoxy) is 1. The molecule has 0 heterocycles. The lowest BCUT2D eigenvalue weighted by molar-refractivity contribution is 0.259. The van der Waals surface area contributed by atoms with E-state index < -0.39 is 0 Å². The Morgan fingerprint density at radius 1 is 1.15 bits per heavy atom. The van der Waals surface area contributed by atoms with Gasteiger partial charge in [0.2, 0.25) is 0 Å². The molecular formula is C9H11BrO3. The predicted octanol–water partition coefficient (Wildman–Crippen LogP) is 1.40. The fraction of sp³-hybridized carbons (Fsp3) is 0.333. The summed E-state index contributed by atoms with van der Waals surface area (Å²) in [5.74, 6) is 0.560. The van der Waals surface area contributed by atoms with Crippen LogP contribution in [-0.2, 0) is 13.2 Å². The summed E-state index contributed by atoms with van der Waals surface area (Å²) < 4.78 is 5.25. The first kappa shape index (κ1) is 10.5. The van der Waals surface area contributed by atoms with Crippen molar-refractivity contribution in [1.29, 1.82) is 0 Å². The maximum atomic E-state index is 8.99. The van der Waals surface area contributed by atoms with Gasteiger partial charge in [-0.1, -0.05) is 18.2 Å². The SMILES string of the molecule is OCc1cccc(CO)c1OCBr. The minimum Gasteiger partial charge on any atom is -0.482 e. The van der Waals surface area contributed by atoms with Crippen LogP contribution in [0.15, 0.2) is 18.2 Å². The van der Waals surface area contributed by atoms with Crippen molar-refractivity contribution in [3.63, 3.8) is 0 Å². The molecule has 0 unspecified atom stereocenters. The molecule has 2 N–H and O–H groups in total. The molecule has 0 fully saturated rings. The van der Waals surface area contributed by atoms with E-state index in [4.69, 9.17) is 14.9 Å². The van der Waals surface area contributed by atoms with E-state index in [0.717, 1.165) is 0 Å². The van der Waals surface area contributed by atoms with Crippen LogP contribution in [0, 0.1) is 0 Å². The number of hydrogen-bond donors (Lipinski definition) is 2. The third-order valence-electron chi connectivity index (χ3n) is 1.72. The average molecular weight is 247 g/mol. The zero-order chi connectivity index (χ0) is 9.68. The second-order valence-corrected chi connectivity index (χ2v) is 2.93. The normalized spacial score (nSPS) is 10.1. The van der Waals surface area contributed by atoms with Crippen molar-refractivity contribution in [1.82, 2.24) is 0 Å². The number of para-hydroxylation sites is 1. The quantitative estimate of drug-likeness (QED) is 0.791. The summed E-state index contributed by atoms with van der Waals surface area (Å²) in [6.07, 6.45) is 0. The van der Waals surface area contributed by atoms with Gasteiger partial charge >= 0.3 is 0 Å². The second-order valence-electron chi connectivity index (χ2n) is 2.48. The lowest BCUT2D eigenvalue weighted by Gasteiger charge is -2.11. The number of rotatable bonds is 4. The van der Waals surface area contributed by atoms with Crippen molar-refractivity contribution in [2.75, 3.05) is 5.52 Å². The molecule has 0 atom stereocenters. The molecule has 0 aliphatic rings. The fourth-order valence-corrected chi connectivity index (χ4v) is 1.36. The average Bonchev–Trinajstić information content (AvgIpc) is 2.18. The Balaban J connectivity index is 3.05. The summed E-state index contributed by atoms with van der Waals surface area (Å²) in [6.45, 7) is -0.174. The van der Waals surface area contributed by atoms with Crippen LogP contribution in [0.3, 0.4) is 0 Å². The monoisotopic (exact) mass is 246 g/mol. The summed E-state index contributed by atoms with van der Waals surface area (Å²) >= 11 is 3.13. The van der Waals surface area contributed by atoms with Crippen molar-refractivity contribution in [2.24, 2.45) is 0 Å². The van der Waals surface area contributed by atoms with E-state index >= 15 is 0 Å². The molecule has 1 aromatic carbocycles. The fourth-order valence-electron chi connectivity index (χ4n) is 1.13. The molecule has 0 saturated heterocycles. The highest BCUT2D eigenvalue weighted by Crippen LogP contribution is 2.24. The van der Waals surface area contributed by atoms with Crippen molar-refractivity contribution in [3.8, 4) is 5.75 Å². The van der Waals surface area contributed by atoms with Crippen molar-refractivity contribution >= 4 is 15.9 Å². The van der Waals surface area contributed by atoms with Gasteiger partial charge in [0.25, 0.3) is 0 Å². The van der Waals surface area contributed by atoms with E-state index in [-0.39, 0.29) is 13.2 Å². The molecule has 3 nitrogen and oxygen atoms in total. The zero-order valence-electron chi connectivity index (χ0n) is 7.03. The summed E-state index contributed by atoms with van der Waals surface area (Å²) in [5.41, 5.74) is 1.72. The molecule has 0 amide bonds. The minimum atomic E-state index is -0.0871. The molecule has 0 saturated carbocycles. The Kier molecular flexibility index (Phi) is 4.21. The molecule has 0 radical (unpaired) electrons. The lowest BCUT2D eigenvalue weighted by Crippen LogP contribution is -1.99. The third kappa shape index (κ3) is 2.43. The number of aliphatic hydroxyl groups is 2. The molecular weight excluding hydrogens is 236 g/mol. The molecule has 0 bridgehead atoms. The Morgan fingerprint density at radius 3 is 2.08 bits per heavy atom. The maximum absolute atomic E-state index is 8.99. The summed E-state index contributed by atoms with van der Waals surface area (Å²) in [6, 6.07) is 5.30. The van der Waals surface area contributed by atoms with Crippen LogP contribution < -0.4 is 4.74 Å². The number of halogens is 1. The van der Waals surface area contributed by atoms with Crippen LogP contribution in [0.5, 0.6) is 5.75 Å². The zero-order valence-corrected chi connectivity index (χ0v) is 8.62. The van der Waals surface area contributed by atoms with E-state index in [1.54, 1.807) is 18.2 Å². The molecule has 0 spiro atoms. The molecule has 4 heteroatoms. The number of hydrogen-bond acceptors (Lipinski definition) is 3. The van der Waals surface area contributed by atoms with Gasteiger partial charge in [0.1, 0.15) is 11.3 Å². The van der Waals surface area contributed by atoms with Gasteiger partial charge < -0.3 is 14.9 Å². The smallest absolute Gasteiger partial charge is 0.143 e. The lowest BCUT2D eigenvalue weighted by atomic mass is 10.1. The topological polar surface area (TPSA) is 49.7 Å². The highest BCUT2D eigenvalue weighted by atomic mass is 79.9. The highest BCUT2D eigenvalue weighted by Gasteiger charge is 2.07. The first-order valence-corrected chi connectivity index (χ1v) is 4.97. The molecule has 0 aliphatic carbocycles. The van der Waals surface area contributed by atoms with Gasteiger partial charge in [-0.2, -0.15) is 0 Å². The summed E-state index contributed by atoms with van der Waals surface area (Å²) in [4.78, 5) is 0. The molecule has 72 valence electrons. The second kappa shape index (κ2) is 5.21. The van der Waals surface area contributed by atoms with Crippen LogP contribution in [0.25, 0.3) is 0 Å². The van der Waals surface area contributed by atoms with Crippen molar-refractivity contribution < 1.29 is 14.9 Å². The third-order valence-corrected chi connectivity index (χ3v) is 1.95. The van der Waals surface area contributed by atoms with Crippen molar-refractivity contribution in [3.05, 3.63) is 29.3 Å². The Labute approximate surface area is 85.1 Å². The van der Waals surface area contributed by atoms with Crippen LogP contribution in [-0.4, -0.2) is 15.7 Å². The first-order chi connectivity index (χ1) is 6.33. The van der Waals surface area contributed by atoms with E-state index in [1.807, 2.05) is 0 Å². The molecule has 0 aliphatic heterocycles. The van der Waals surface area contributed by atoms with Gasteiger partial charge in [-0.15, -0.1) is 0 Å². The van der Waals surface area contributed by atoms with Gasteiger partial charge in [-0.25, -0.2) is 0 Å². The maximum Gasteiger partial charge on any atom is 0.143 e.